The second-order valence-electron chi connectivity index (χ2n) is 6.27. The first kappa shape index (κ1) is 17.7. The fraction of sp³-hybridized carbons (Fsp3) is 0.611. The highest BCUT2D eigenvalue weighted by molar-refractivity contribution is 5.76. The maximum atomic E-state index is 12.1. The molecule has 0 aliphatic rings. The van der Waals surface area contributed by atoms with Gasteiger partial charge in [-0.3, -0.25) is 4.79 Å². The Kier molecular flexibility index (Phi) is 7.44. The Bertz CT molecular complexity index is 443. The summed E-state index contributed by atoms with van der Waals surface area (Å²) in [5.41, 5.74) is 8.05. The van der Waals surface area contributed by atoms with E-state index >= 15 is 0 Å². The molecule has 2 atom stereocenters. The summed E-state index contributed by atoms with van der Waals surface area (Å²) in [6, 6.07) is 8.25. The quantitative estimate of drug-likeness (QED) is 0.769. The predicted octanol–water partition coefficient (Wildman–Crippen LogP) is 3.57. The number of hydrogen-bond acceptors (Lipinski definition) is 2. The summed E-state index contributed by atoms with van der Waals surface area (Å²) in [5, 5.41) is 3.10. The molecule has 3 nitrogen and oxygen atoms in total. The second-order valence-corrected chi connectivity index (χ2v) is 6.27. The molecule has 0 heterocycles. The average Bonchev–Trinajstić information content (AvgIpc) is 2.43. The first-order valence-electron chi connectivity index (χ1n) is 8.00. The smallest absolute Gasteiger partial charge is 0.220 e. The van der Waals surface area contributed by atoms with E-state index in [4.69, 9.17) is 5.73 Å². The van der Waals surface area contributed by atoms with Crippen LogP contribution in [0.3, 0.4) is 0 Å². The van der Waals surface area contributed by atoms with E-state index in [0.29, 0.717) is 24.8 Å². The minimum Gasteiger partial charge on any atom is -0.350 e. The zero-order valence-corrected chi connectivity index (χ0v) is 13.9. The first-order valence-corrected chi connectivity index (χ1v) is 8.00. The van der Waals surface area contributed by atoms with E-state index in [1.807, 2.05) is 19.1 Å². The summed E-state index contributed by atoms with van der Waals surface area (Å²) >= 11 is 0. The summed E-state index contributed by atoms with van der Waals surface area (Å²) in [5.74, 6) is 1.25. The molecule has 0 fully saturated rings. The molecule has 0 saturated heterocycles. The lowest BCUT2D eigenvalue weighted by atomic mass is 9.88. The van der Waals surface area contributed by atoms with Gasteiger partial charge in [-0.25, -0.2) is 0 Å². The van der Waals surface area contributed by atoms with Crippen molar-refractivity contribution in [1.29, 1.82) is 0 Å². The Balaban J connectivity index is 2.48. The Labute approximate surface area is 129 Å². The number of nitrogens with one attached hydrogen (secondary N) is 1. The Morgan fingerprint density at radius 3 is 2.43 bits per heavy atom. The molecule has 1 aromatic rings. The van der Waals surface area contributed by atoms with E-state index in [-0.39, 0.29) is 11.9 Å². The fourth-order valence-electron chi connectivity index (χ4n) is 2.81. The van der Waals surface area contributed by atoms with Gasteiger partial charge in [-0.2, -0.15) is 0 Å². The van der Waals surface area contributed by atoms with E-state index in [9.17, 15) is 4.79 Å². The number of amides is 1. The number of carbonyl (C=O) groups is 1. The van der Waals surface area contributed by atoms with Gasteiger partial charge < -0.3 is 11.1 Å². The highest BCUT2D eigenvalue weighted by Crippen LogP contribution is 2.21. The van der Waals surface area contributed by atoms with E-state index in [1.54, 1.807) is 0 Å². The Morgan fingerprint density at radius 2 is 1.86 bits per heavy atom. The lowest BCUT2D eigenvalue weighted by molar-refractivity contribution is -0.122. The standard InChI is InChI=1S/C18H30N2O/c1-13(2)16(11-12-19)9-10-18(21)20-15(4)17-8-6-5-7-14(17)3/h5-8,13,15-16H,9-12,19H2,1-4H3,(H,20,21)/t15-,16?/m0/s1. The lowest BCUT2D eigenvalue weighted by Gasteiger charge is -2.21. The van der Waals surface area contributed by atoms with Crippen LogP contribution in [0.5, 0.6) is 0 Å². The van der Waals surface area contributed by atoms with Crippen LogP contribution in [-0.4, -0.2) is 12.5 Å². The van der Waals surface area contributed by atoms with Crippen LogP contribution in [0.4, 0.5) is 0 Å². The number of benzene rings is 1. The van der Waals surface area contributed by atoms with Crippen LogP contribution in [-0.2, 0) is 4.79 Å². The topological polar surface area (TPSA) is 55.1 Å². The van der Waals surface area contributed by atoms with Crippen molar-refractivity contribution in [2.45, 2.75) is 53.0 Å². The molecule has 1 unspecified atom stereocenters. The number of hydrogen-bond donors (Lipinski definition) is 2. The minimum absolute atomic E-state index is 0.0608. The molecule has 0 aliphatic carbocycles. The zero-order valence-electron chi connectivity index (χ0n) is 13.9. The lowest BCUT2D eigenvalue weighted by Crippen LogP contribution is -2.28. The molecule has 1 aromatic carbocycles. The van der Waals surface area contributed by atoms with Gasteiger partial charge in [0.2, 0.25) is 5.91 Å². The molecule has 1 amide bonds. The van der Waals surface area contributed by atoms with Crippen LogP contribution in [0.2, 0.25) is 0 Å². The van der Waals surface area contributed by atoms with E-state index in [0.717, 1.165) is 12.8 Å². The average molecular weight is 290 g/mol. The highest BCUT2D eigenvalue weighted by Gasteiger charge is 2.16. The van der Waals surface area contributed by atoms with Crippen LogP contribution in [0, 0.1) is 18.8 Å². The molecule has 0 radical (unpaired) electrons. The molecule has 3 heteroatoms. The predicted molar refractivity (Wildman–Crippen MR) is 89.0 cm³/mol. The number of nitrogens with two attached hydrogens (primary N) is 1. The SMILES string of the molecule is Cc1ccccc1[C@H](C)NC(=O)CCC(CCN)C(C)C. The third-order valence-corrected chi connectivity index (χ3v) is 4.25. The van der Waals surface area contributed by atoms with Crippen LogP contribution >= 0.6 is 0 Å². The maximum absolute atomic E-state index is 12.1. The third kappa shape index (κ3) is 5.88. The highest BCUT2D eigenvalue weighted by atomic mass is 16.1. The largest absolute Gasteiger partial charge is 0.350 e. The molecule has 1 rings (SSSR count). The van der Waals surface area contributed by atoms with Crippen LogP contribution in [0.25, 0.3) is 0 Å². The molecule has 0 bridgehead atoms. The van der Waals surface area contributed by atoms with Gasteiger partial charge in [0, 0.05) is 6.42 Å². The van der Waals surface area contributed by atoms with E-state index in [2.05, 4.69) is 38.2 Å². The van der Waals surface area contributed by atoms with Crippen molar-refractivity contribution in [3.05, 3.63) is 35.4 Å². The Hall–Kier alpha value is -1.35. The first-order chi connectivity index (χ1) is 9.95. The molecule has 3 N–H and O–H groups in total. The van der Waals surface area contributed by atoms with E-state index < -0.39 is 0 Å². The molecular weight excluding hydrogens is 260 g/mol. The van der Waals surface area contributed by atoms with Crippen molar-refractivity contribution < 1.29 is 4.79 Å². The number of carbonyl (C=O) groups excluding carboxylic acids is 1. The van der Waals surface area contributed by atoms with Gasteiger partial charge in [0.1, 0.15) is 0 Å². The van der Waals surface area contributed by atoms with Gasteiger partial charge in [-0.1, -0.05) is 38.1 Å². The van der Waals surface area contributed by atoms with Crippen LogP contribution in [0.1, 0.15) is 57.2 Å². The zero-order chi connectivity index (χ0) is 15.8. The van der Waals surface area contributed by atoms with Gasteiger partial charge in [-0.05, 0) is 56.2 Å². The summed E-state index contributed by atoms with van der Waals surface area (Å²) in [6.07, 6.45) is 2.50. The molecule has 0 spiro atoms. The summed E-state index contributed by atoms with van der Waals surface area (Å²) in [4.78, 5) is 12.1. The maximum Gasteiger partial charge on any atom is 0.220 e. The normalized spacial score (nSPS) is 14.0. The summed E-state index contributed by atoms with van der Waals surface area (Å²) < 4.78 is 0. The minimum atomic E-state index is 0.0608. The molecule has 21 heavy (non-hydrogen) atoms. The molecular formula is C18H30N2O. The number of rotatable bonds is 8. The van der Waals surface area contributed by atoms with Crippen molar-refractivity contribution in [3.8, 4) is 0 Å². The van der Waals surface area contributed by atoms with Gasteiger partial charge in [-0.15, -0.1) is 0 Å². The molecule has 0 saturated carbocycles. The number of aryl methyl sites for hydroxylation is 1. The summed E-state index contributed by atoms with van der Waals surface area (Å²) in [6.45, 7) is 9.22. The third-order valence-electron chi connectivity index (χ3n) is 4.25. The molecule has 0 aromatic heterocycles. The van der Waals surface area contributed by atoms with Crippen molar-refractivity contribution in [3.63, 3.8) is 0 Å². The van der Waals surface area contributed by atoms with Gasteiger partial charge in [0.25, 0.3) is 0 Å². The molecule has 118 valence electrons. The van der Waals surface area contributed by atoms with Crippen molar-refractivity contribution >= 4 is 5.91 Å². The monoisotopic (exact) mass is 290 g/mol. The van der Waals surface area contributed by atoms with Gasteiger partial charge in [0.05, 0.1) is 6.04 Å². The van der Waals surface area contributed by atoms with Crippen molar-refractivity contribution in [2.24, 2.45) is 17.6 Å². The van der Waals surface area contributed by atoms with Crippen molar-refractivity contribution in [2.75, 3.05) is 6.54 Å². The van der Waals surface area contributed by atoms with Crippen LogP contribution in [0.15, 0.2) is 24.3 Å². The van der Waals surface area contributed by atoms with Gasteiger partial charge in [0.15, 0.2) is 0 Å². The molecule has 0 aliphatic heterocycles. The fourth-order valence-corrected chi connectivity index (χ4v) is 2.81. The van der Waals surface area contributed by atoms with Crippen molar-refractivity contribution in [1.82, 2.24) is 5.32 Å². The van der Waals surface area contributed by atoms with Crippen LogP contribution < -0.4 is 11.1 Å². The second kappa shape index (κ2) is 8.83. The Morgan fingerprint density at radius 1 is 1.19 bits per heavy atom. The van der Waals surface area contributed by atoms with E-state index in [1.165, 1.54) is 11.1 Å². The summed E-state index contributed by atoms with van der Waals surface area (Å²) in [7, 11) is 0. The van der Waals surface area contributed by atoms with Gasteiger partial charge >= 0.3 is 0 Å².